The molecule has 0 amide bonds. The lowest BCUT2D eigenvalue weighted by Gasteiger charge is -2.20. The molecule has 2 aromatic carbocycles. The topological polar surface area (TPSA) is 62.4 Å². The lowest BCUT2D eigenvalue weighted by molar-refractivity contribution is 0.278. The van der Waals surface area contributed by atoms with Gasteiger partial charge in [0.25, 0.3) is 0 Å². The smallest absolute Gasteiger partial charge is 0.339 e. The fourth-order valence-electron chi connectivity index (χ4n) is 3.49. The lowest BCUT2D eigenvalue weighted by Crippen LogP contribution is -2.27. The van der Waals surface area contributed by atoms with E-state index in [1.165, 1.54) is 0 Å². The third kappa shape index (κ3) is 4.75. The Kier molecular flexibility index (Phi) is 6.75. The minimum absolute atomic E-state index is 0.154. The zero-order chi connectivity index (χ0) is 20.0. The van der Waals surface area contributed by atoms with Crippen LogP contribution in [0.2, 0.25) is 0 Å². The molecule has 0 aliphatic heterocycles. The molecule has 28 heavy (non-hydrogen) atoms. The minimum Gasteiger partial charge on any atom is -0.378 e. The van der Waals surface area contributed by atoms with E-state index in [1.807, 2.05) is 12.3 Å². The number of aromatic nitrogens is 1. The molecule has 0 spiro atoms. The van der Waals surface area contributed by atoms with Crippen LogP contribution in [0.5, 0.6) is 5.75 Å². The van der Waals surface area contributed by atoms with Crippen molar-refractivity contribution in [1.29, 1.82) is 0 Å². The normalized spacial score (nSPS) is 12.0. The zero-order valence-corrected chi connectivity index (χ0v) is 17.3. The number of hydrogen-bond acceptors (Lipinski definition) is 4. The number of nitrogens with one attached hydrogen (secondary N) is 1. The van der Waals surface area contributed by atoms with Gasteiger partial charge in [-0.15, -0.1) is 0 Å². The monoisotopic (exact) mass is 400 g/mol. The first-order chi connectivity index (χ1) is 13.5. The molecule has 6 heteroatoms. The van der Waals surface area contributed by atoms with Gasteiger partial charge in [0, 0.05) is 23.6 Å². The number of H-pyrrole nitrogens is 1. The first kappa shape index (κ1) is 20.4. The maximum atomic E-state index is 12.7. The largest absolute Gasteiger partial charge is 0.378 e. The molecule has 0 saturated carbocycles. The summed E-state index contributed by atoms with van der Waals surface area (Å²) in [6.45, 7) is 7.46. The number of hydrogen-bond donors (Lipinski definition) is 1. The Morgan fingerprint density at radius 2 is 1.64 bits per heavy atom. The summed E-state index contributed by atoms with van der Waals surface area (Å²) in [4.78, 5) is 5.85. The van der Waals surface area contributed by atoms with Gasteiger partial charge >= 0.3 is 10.1 Å². The van der Waals surface area contributed by atoms with E-state index in [-0.39, 0.29) is 4.90 Å². The quantitative estimate of drug-likeness (QED) is 0.505. The van der Waals surface area contributed by atoms with Gasteiger partial charge in [-0.05, 0) is 62.2 Å². The standard InChI is InChI=1S/C22H28N2O3S/c1-3-14-24(15-4-2)16-13-18-17-23-20-11-8-12-21(22(18)20)27-28(25,26)19-9-6-5-7-10-19/h5-12,17,23H,3-4,13-16H2,1-2H3. The van der Waals surface area contributed by atoms with Gasteiger partial charge < -0.3 is 14.1 Å². The highest BCUT2D eigenvalue weighted by atomic mass is 32.2. The van der Waals surface area contributed by atoms with Crippen LogP contribution in [0, 0.1) is 0 Å². The maximum absolute atomic E-state index is 12.7. The van der Waals surface area contributed by atoms with Crippen LogP contribution in [0.3, 0.4) is 0 Å². The zero-order valence-electron chi connectivity index (χ0n) is 16.5. The van der Waals surface area contributed by atoms with Crippen molar-refractivity contribution in [3.8, 4) is 5.75 Å². The molecule has 0 aliphatic rings. The molecular weight excluding hydrogens is 372 g/mol. The van der Waals surface area contributed by atoms with Crippen molar-refractivity contribution in [2.24, 2.45) is 0 Å². The van der Waals surface area contributed by atoms with Crippen LogP contribution in [0.4, 0.5) is 0 Å². The Labute approximate surface area is 167 Å². The van der Waals surface area contributed by atoms with Gasteiger partial charge in [0.1, 0.15) is 4.90 Å². The molecule has 0 bridgehead atoms. The van der Waals surface area contributed by atoms with E-state index in [0.717, 1.165) is 55.4 Å². The van der Waals surface area contributed by atoms with Crippen LogP contribution < -0.4 is 4.18 Å². The lowest BCUT2D eigenvalue weighted by atomic mass is 10.1. The molecule has 150 valence electrons. The number of fused-ring (bicyclic) bond motifs is 1. The Balaban J connectivity index is 1.87. The first-order valence-electron chi connectivity index (χ1n) is 9.86. The van der Waals surface area contributed by atoms with Crippen molar-refractivity contribution in [1.82, 2.24) is 9.88 Å². The summed E-state index contributed by atoms with van der Waals surface area (Å²) in [6, 6.07) is 13.7. The molecule has 0 radical (unpaired) electrons. The molecule has 1 aromatic heterocycles. The average Bonchev–Trinajstić information content (AvgIpc) is 3.11. The van der Waals surface area contributed by atoms with Gasteiger partial charge in [-0.3, -0.25) is 0 Å². The molecular formula is C22H28N2O3S. The van der Waals surface area contributed by atoms with Gasteiger partial charge in [-0.1, -0.05) is 38.1 Å². The van der Waals surface area contributed by atoms with E-state index in [9.17, 15) is 8.42 Å². The molecule has 0 unspecified atom stereocenters. The highest BCUT2D eigenvalue weighted by Gasteiger charge is 2.19. The summed E-state index contributed by atoms with van der Waals surface area (Å²) in [5, 5.41) is 0.843. The van der Waals surface area contributed by atoms with Crippen molar-refractivity contribution in [2.45, 2.75) is 38.0 Å². The van der Waals surface area contributed by atoms with Crippen LogP contribution in [0.1, 0.15) is 32.3 Å². The highest BCUT2D eigenvalue weighted by molar-refractivity contribution is 7.87. The molecule has 0 fully saturated rings. The van der Waals surface area contributed by atoms with E-state index in [4.69, 9.17) is 4.18 Å². The first-order valence-corrected chi connectivity index (χ1v) is 11.3. The van der Waals surface area contributed by atoms with Gasteiger partial charge in [0.05, 0.1) is 0 Å². The van der Waals surface area contributed by atoms with Crippen LogP contribution in [-0.4, -0.2) is 37.9 Å². The van der Waals surface area contributed by atoms with Crippen LogP contribution >= 0.6 is 0 Å². The minimum atomic E-state index is -3.87. The molecule has 0 atom stereocenters. The van der Waals surface area contributed by atoms with Gasteiger partial charge in [0.15, 0.2) is 5.75 Å². The fourth-order valence-corrected chi connectivity index (χ4v) is 4.45. The highest BCUT2D eigenvalue weighted by Crippen LogP contribution is 2.31. The Morgan fingerprint density at radius 3 is 2.32 bits per heavy atom. The second-order valence-electron chi connectivity index (χ2n) is 6.93. The molecule has 1 heterocycles. The molecule has 0 saturated heterocycles. The van der Waals surface area contributed by atoms with Crippen molar-refractivity contribution in [3.05, 3.63) is 60.3 Å². The van der Waals surface area contributed by atoms with E-state index < -0.39 is 10.1 Å². The van der Waals surface area contributed by atoms with Crippen LogP contribution in [-0.2, 0) is 16.5 Å². The van der Waals surface area contributed by atoms with Crippen molar-refractivity contribution in [2.75, 3.05) is 19.6 Å². The molecule has 0 aliphatic carbocycles. The van der Waals surface area contributed by atoms with Gasteiger partial charge in [0.2, 0.25) is 0 Å². The summed E-state index contributed by atoms with van der Waals surface area (Å²) >= 11 is 0. The average molecular weight is 401 g/mol. The summed E-state index contributed by atoms with van der Waals surface area (Å²) in [6.07, 6.45) is 5.05. The number of nitrogens with zero attached hydrogens (tertiary/aromatic N) is 1. The van der Waals surface area contributed by atoms with E-state index in [1.54, 1.807) is 42.5 Å². The predicted octanol–water partition coefficient (Wildman–Crippen LogP) is 4.60. The van der Waals surface area contributed by atoms with Crippen molar-refractivity contribution in [3.63, 3.8) is 0 Å². The molecule has 3 aromatic rings. The van der Waals surface area contributed by atoms with Crippen molar-refractivity contribution < 1.29 is 12.6 Å². The second-order valence-corrected chi connectivity index (χ2v) is 8.48. The Morgan fingerprint density at radius 1 is 0.929 bits per heavy atom. The summed E-state index contributed by atoms with van der Waals surface area (Å²) in [7, 11) is -3.87. The maximum Gasteiger partial charge on any atom is 0.339 e. The summed E-state index contributed by atoms with van der Waals surface area (Å²) in [5.41, 5.74) is 1.96. The number of aromatic amines is 1. The SMILES string of the molecule is CCCN(CCC)CCc1c[nH]c2cccc(OS(=O)(=O)c3ccccc3)c12. The fraction of sp³-hybridized carbons (Fsp3) is 0.364. The summed E-state index contributed by atoms with van der Waals surface area (Å²) < 4.78 is 30.9. The Bertz CT molecular complexity index is 991. The predicted molar refractivity (Wildman–Crippen MR) is 113 cm³/mol. The van der Waals surface area contributed by atoms with Crippen LogP contribution in [0.15, 0.2) is 59.6 Å². The molecule has 1 N–H and O–H groups in total. The molecule has 5 nitrogen and oxygen atoms in total. The summed E-state index contributed by atoms with van der Waals surface area (Å²) in [5.74, 6) is 0.370. The second kappa shape index (κ2) is 9.26. The van der Waals surface area contributed by atoms with E-state index in [2.05, 4.69) is 23.7 Å². The number of rotatable bonds is 10. The van der Waals surface area contributed by atoms with E-state index in [0.29, 0.717) is 5.75 Å². The molecule has 3 rings (SSSR count). The van der Waals surface area contributed by atoms with Gasteiger partial charge in [-0.2, -0.15) is 8.42 Å². The van der Waals surface area contributed by atoms with E-state index >= 15 is 0 Å². The van der Waals surface area contributed by atoms with Crippen molar-refractivity contribution >= 4 is 21.0 Å². The third-order valence-corrected chi connectivity index (χ3v) is 6.01. The van der Waals surface area contributed by atoms with Gasteiger partial charge in [-0.25, -0.2) is 0 Å². The number of benzene rings is 2. The van der Waals surface area contributed by atoms with Crippen LogP contribution in [0.25, 0.3) is 10.9 Å². The third-order valence-electron chi connectivity index (χ3n) is 4.76. The Hall–Kier alpha value is -2.31.